The number of aryl methyl sites for hydroxylation is 1. The van der Waals surface area contributed by atoms with Crippen molar-refractivity contribution in [3.63, 3.8) is 0 Å². The molecule has 0 aliphatic rings. The number of aromatic nitrogens is 2. The third-order valence-corrected chi connectivity index (χ3v) is 6.16. The van der Waals surface area contributed by atoms with Crippen LogP contribution in [-0.2, 0) is 11.9 Å². The highest BCUT2D eigenvalue weighted by Gasteiger charge is 2.30. The monoisotopic (exact) mass is 453 g/mol. The Bertz CT molecular complexity index is 1170. The largest absolute Gasteiger partial charge is 0.416 e. The Kier molecular flexibility index (Phi) is 6.28. The molecule has 0 spiro atoms. The first-order valence-corrected chi connectivity index (χ1v) is 11.0. The topological polar surface area (TPSA) is 21.1 Å². The van der Waals surface area contributed by atoms with E-state index in [0.29, 0.717) is 16.6 Å². The van der Waals surface area contributed by atoms with Crippen LogP contribution in [0.15, 0.2) is 90.2 Å². The van der Waals surface area contributed by atoms with Crippen molar-refractivity contribution >= 4 is 23.3 Å². The molecule has 0 aliphatic heterocycles. The van der Waals surface area contributed by atoms with Crippen molar-refractivity contribution in [3.05, 3.63) is 102 Å². The summed E-state index contributed by atoms with van der Waals surface area (Å²) < 4.78 is 41.1. The Morgan fingerprint density at radius 2 is 1.56 bits per heavy atom. The SMILES string of the molecule is Cc1ccc(CSc2ncc(N(C)c3ccccc3)n2-c2ccc(C(F)(F)F)cc2)cc1. The van der Waals surface area contributed by atoms with Gasteiger partial charge < -0.3 is 4.90 Å². The second-order valence-electron chi connectivity index (χ2n) is 7.45. The van der Waals surface area contributed by atoms with E-state index in [-0.39, 0.29) is 0 Å². The lowest BCUT2D eigenvalue weighted by molar-refractivity contribution is -0.137. The number of thioether (sulfide) groups is 1. The maximum absolute atomic E-state index is 13.1. The first-order valence-electron chi connectivity index (χ1n) is 10.1. The lowest BCUT2D eigenvalue weighted by atomic mass is 10.2. The fourth-order valence-corrected chi connectivity index (χ4v) is 4.27. The molecular formula is C25H22F3N3S. The van der Waals surface area contributed by atoms with Gasteiger partial charge in [0.15, 0.2) is 5.16 Å². The van der Waals surface area contributed by atoms with Crippen LogP contribution < -0.4 is 4.90 Å². The molecule has 0 amide bonds. The Labute approximate surface area is 189 Å². The average molecular weight is 454 g/mol. The van der Waals surface area contributed by atoms with E-state index in [1.54, 1.807) is 18.0 Å². The molecule has 4 rings (SSSR count). The van der Waals surface area contributed by atoms with Gasteiger partial charge in [0.05, 0.1) is 11.8 Å². The number of nitrogens with zero attached hydrogens (tertiary/aromatic N) is 3. The van der Waals surface area contributed by atoms with Gasteiger partial charge in [0, 0.05) is 24.2 Å². The van der Waals surface area contributed by atoms with Crippen molar-refractivity contribution in [1.82, 2.24) is 9.55 Å². The summed E-state index contributed by atoms with van der Waals surface area (Å²) in [5.41, 5.74) is 3.25. The minimum absolute atomic E-state index is 0.625. The minimum Gasteiger partial charge on any atom is -0.329 e. The molecule has 0 saturated carbocycles. The molecule has 7 heteroatoms. The highest BCUT2D eigenvalue weighted by atomic mass is 32.2. The van der Waals surface area contributed by atoms with E-state index >= 15 is 0 Å². The average Bonchev–Trinajstić information content (AvgIpc) is 3.22. The van der Waals surface area contributed by atoms with Crippen molar-refractivity contribution in [2.45, 2.75) is 24.0 Å². The van der Waals surface area contributed by atoms with Crippen molar-refractivity contribution in [2.75, 3.05) is 11.9 Å². The zero-order valence-electron chi connectivity index (χ0n) is 17.7. The molecule has 4 aromatic rings. The summed E-state index contributed by atoms with van der Waals surface area (Å²) in [5, 5.41) is 0.711. The maximum Gasteiger partial charge on any atom is 0.416 e. The summed E-state index contributed by atoms with van der Waals surface area (Å²) >= 11 is 1.55. The van der Waals surface area contributed by atoms with Crippen molar-refractivity contribution < 1.29 is 13.2 Å². The quantitative estimate of drug-likeness (QED) is 0.287. The normalized spacial score (nSPS) is 11.5. The third kappa shape index (κ3) is 4.83. The molecular weight excluding hydrogens is 431 g/mol. The zero-order chi connectivity index (χ0) is 22.7. The molecule has 0 N–H and O–H groups in total. The van der Waals surface area contributed by atoms with Gasteiger partial charge in [-0.15, -0.1) is 0 Å². The minimum atomic E-state index is -4.37. The molecule has 1 aromatic heterocycles. The molecule has 164 valence electrons. The van der Waals surface area contributed by atoms with E-state index in [2.05, 4.69) is 29.2 Å². The van der Waals surface area contributed by atoms with Crippen LogP contribution in [0, 0.1) is 6.92 Å². The van der Waals surface area contributed by atoms with E-state index < -0.39 is 11.7 Å². The van der Waals surface area contributed by atoms with Gasteiger partial charge >= 0.3 is 6.18 Å². The number of para-hydroxylation sites is 1. The van der Waals surface area contributed by atoms with Gasteiger partial charge in [-0.05, 0) is 48.9 Å². The van der Waals surface area contributed by atoms with Gasteiger partial charge in [0.1, 0.15) is 5.82 Å². The molecule has 0 fully saturated rings. The van der Waals surface area contributed by atoms with E-state index in [9.17, 15) is 13.2 Å². The van der Waals surface area contributed by atoms with Crippen molar-refractivity contribution in [1.29, 1.82) is 0 Å². The number of imidazole rings is 1. The van der Waals surface area contributed by atoms with Crippen molar-refractivity contribution in [3.8, 4) is 5.69 Å². The summed E-state index contributed by atoms with van der Waals surface area (Å²) in [6.45, 7) is 2.04. The maximum atomic E-state index is 13.1. The molecule has 1 heterocycles. The van der Waals surface area contributed by atoms with Gasteiger partial charge in [0.25, 0.3) is 0 Å². The smallest absolute Gasteiger partial charge is 0.329 e. The molecule has 0 radical (unpaired) electrons. The number of alkyl halides is 3. The molecule has 3 nitrogen and oxygen atoms in total. The van der Waals surface area contributed by atoms with Crippen LogP contribution in [-0.4, -0.2) is 16.6 Å². The number of hydrogen-bond acceptors (Lipinski definition) is 3. The molecule has 0 saturated heterocycles. The van der Waals surface area contributed by atoms with Crippen LogP contribution in [0.5, 0.6) is 0 Å². The van der Waals surface area contributed by atoms with E-state index in [0.717, 1.165) is 29.2 Å². The molecule has 3 aromatic carbocycles. The number of rotatable bonds is 6. The molecule has 0 aliphatic carbocycles. The predicted molar refractivity (Wildman–Crippen MR) is 124 cm³/mol. The Morgan fingerprint density at radius 1 is 0.906 bits per heavy atom. The summed E-state index contributed by atoms with van der Waals surface area (Å²) in [6, 6.07) is 23.2. The number of halogens is 3. The van der Waals surface area contributed by atoms with Crippen LogP contribution in [0.3, 0.4) is 0 Å². The standard InChI is InChI=1S/C25H22F3N3S/c1-18-8-10-19(11-9-18)17-32-24-29-16-23(30(2)21-6-4-3-5-7-21)31(24)22-14-12-20(13-15-22)25(26,27)28/h3-16H,17H2,1-2H3. The summed E-state index contributed by atoms with van der Waals surface area (Å²) in [6.07, 6.45) is -2.62. The second-order valence-corrected chi connectivity index (χ2v) is 8.39. The summed E-state index contributed by atoms with van der Waals surface area (Å²) in [5.74, 6) is 1.47. The lowest BCUT2D eigenvalue weighted by Crippen LogP contribution is -2.14. The first kappa shape index (κ1) is 22.0. The van der Waals surface area contributed by atoms with Crippen molar-refractivity contribution in [2.24, 2.45) is 0 Å². The van der Waals surface area contributed by atoms with Crippen LogP contribution in [0.1, 0.15) is 16.7 Å². The number of anilines is 2. The van der Waals surface area contributed by atoms with Crippen LogP contribution in [0.4, 0.5) is 24.7 Å². The highest BCUT2D eigenvalue weighted by molar-refractivity contribution is 7.98. The van der Waals surface area contributed by atoms with Gasteiger partial charge in [-0.3, -0.25) is 4.57 Å². The second kappa shape index (κ2) is 9.12. The molecule has 0 unspecified atom stereocenters. The molecule has 0 atom stereocenters. The highest BCUT2D eigenvalue weighted by Crippen LogP contribution is 2.35. The fraction of sp³-hybridized carbons (Fsp3) is 0.160. The molecule has 0 bridgehead atoms. The van der Waals surface area contributed by atoms with Gasteiger partial charge in [-0.2, -0.15) is 13.2 Å². The van der Waals surface area contributed by atoms with Crippen LogP contribution in [0.2, 0.25) is 0 Å². The Balaban J connectivity index is 1.71. The summed E-state index contributed by atoms with van der Waals surface area (Å²) in [4.78, 5) is 6.58. The third-order valence-electron chi connectivity index (χ3n) is 5.14. The Morgan fingerprint density at radius 3 is 2.19 bits per heavy atom. The Hall–Kier alpha value is -3.19. The number of benzene rings is 3. The first-order chi connectivity index (χ1) is 15.3. The number of hydrogen-bond donors (Lipinski definition) is 0. The van der Waals surface area contributed by atoms with E-state index in [4.69, 9.17) is 0 Å². The van der Waals surface area contributed by atoms with E-state index in [1.165, 1.54) is 17.7 Å². The molecule has 32 heavy (non-hydrogen) atoms. The van der Waals surface area contributed by atoms with Crippen LogP contribution >= 0.6 is 11.8 Å². The van der Waals surface area contributed by atoms with Gasteiger partial charge in [-0.1, -0.05) is 59.8 Å². The summed E-state index contributed by atoms with van der Waals surface area (Å²) in [7, 11) is 1.92. The van der Waals surface area contributed by atoms with Gasteiger partial charge in [-0.25, -0.2) is 4.98 Å². The predicted octanol–water partition coefficient (Wildman–Crippen LogP) is 7.26. The van der Waals surface area contributed by atoms with Crippen LogP contribution in [0.25, 0.3) is 5.69 Å². The lowest BCUT2D eigenvalue weighted by Gasteiger charge is -2.22. The van der Waals surface area contributed by atoms with E-state index in [1.807, 2.05) is 53.8 Å². The zero-order valence-corrected chi connectivity index (χ0v) is 18.5. The fourth-order valence-electron chi connectivity index (χ4n) is 3.32. The van der Waals surface area contributed by atoms with Gasteiger partial charge in [0.2, 0.25) is 0 Å².